The van der Waals surface area contributed by atoms with E-state index < -0.39 is 5.82 Å². The molecular weight excluding hydrogens is 676 g/mol. The average Bonchev–Trinajstić information content (AvgIpc) is 3.60. The van der Waals surface area contributed by atoms with Crippen LogP contribution in [0.25, 0.3) is 32.9 Å². The number of hydrogen-bond donors (Lipinski definition) is 1. The van der Waals surface area contributed by atoms with Gasteiger partial charge in [-0.15, -0.1) is 5.10 Å². The van der Waals surface area contributed by atoms with Crippen molar-refractivity contribution in [3.05, 3.63) is 75.0 Å². The SMILES string of the molecule is Cc1nc2c(F)c(-c3cccc(Cl)c3Cl)c(CCC#N)cc2c2c1cc(C1CC(n3cc(C#N)nn3)CN1C(=O)C1CC1)n2C1C2CNC1C2. The number of benzene rings is 2. The zero-order valence-corrected chi connectivity index (χ0v) is 28.7. The molecule has 10 rings (SSSR count). The van der Waals surface area contributed by atoms with Crippen molar-refractivity contribution >= 4 is 50.9 Å². The highest BCUT2D eigenvalue weighted by Gasteiger charge is 2.51. The molecule has 3 aliphatic heterocycles. The van der Waals surface area contributed by atoms with Gasteiger partial charge in [0, 0.05) is 64.8 Å². The highest BCUT2D eigenvalue weighted by molar-refractivity contribution is 6.43. The van der Waals surface area contributed by atoms with Gasteiger partial charge in [0.2, 0.25) is 5.91 Å². The number of rotatable bonds is 7. The quantitative estimate of drug-likeness (QED) is 0.193. The average molecular weight is 709 g/mol. The Morgan fingerprint density at radius 1 is 1.16 bits per heavy atom. The van der Waals surface area contributed by atoms with Crippen molar-refractivity contribution in [2.75, 3.05) is 13.1 Å². The molecule has 5 unspecified atom stereocenters. The van der Waals surface area contributed by atoms with Crippen LogP contribution in [0.3, 0.4) is 0 Å². The van der Waals surface area contributed by atoms with E-state index in [1.54, 1.807) is 29.1 Å². The lowest BCUT2D eigenvalue weighted by Gasteiger charge is -2.39. The van der Waals surface area contributed by atoms with E-state index in [9.17, 15) is 15.3 Å². The fraction of sp³-hybridized carbons (Fsp3) is 0.405. The molecule has 5 aliphatic rings. The summed E-state index contributed by atoms with van der Waals surface area (Å²) in [6.45, 7) is 3.26. The van der Waals surface area contributed by atoms with E-state index in [0.29, 0.717) is 58.1 Å². The minimum atomic E-state index is -0.500. The number of hydrogen-bond acceptors (Lipinski definition) is 7. The lowest BCUT2D eigenvalue weighted by molar-refractivity contribution is -0.133. The van der Waals surface area contributed by atoms with Gasteiger partial charge in [0.15, 0.2) is 11.5 Å². The molecule has 10 nitrogen and oxygen atoms in total. The Morgan fingerprint density at radius 3 is 2.70 bits per heavy atom. The first kappa shape index (κ1) is 31.4. The third kappa shape index (κ3) is 4.75. The summed E-state index contributed by atoms with van der Waals surface area (Å²) in [7, 11) is 0. The van der Waals surface area contributed by atoms with E-state index in [0.717, 1.165) is 42.4 Å². The van der Waals surface area contributed by atoms with Crippen molar-refractivity contribution in [2.24, 2.45) is 11.8 Å². The fourth-order valence-electron chi connectivity index (χ4n) is 8.70. The maximum absolute atomic E-state index is 17.1. The number of aromatic nitrogens is 5. The molecule has 0 spiro atoms. The van der Waals surface area contributed by atoms with Crippen LogP contribution in [0.5, 0.6) is 0 Å². The Morgan fingerprint density at radius 2 is 2.00 bits per heavy atom. The second-order valence-corrected chi connectivity index (χ2v) is 14.9. The number of nitrogens with one attached hydrogen (secondary N) is 1. The number of carbonyl (C=O) groups is 1. The van der Waals surface area contributed by atoms with Crippen LogP contribution in [0.15, 0.2) is 36.5 Å². The molecule has 2 aliphatic carbocycles. The third-order valence-electron chi connectivity index (χ3n) is 11.3. The Labute approximate surface area is 297 Å². The van der Waals surface area contributed by atoms with Crippen molar-refractivity contribution in [1.29, 1.82) is 10.5 Å². The first-order valence-electron chi connectivity index (χ1n) is 17.1. The third-order valence-corrected chi connectivity index (χ3v) is 12.1. The number of fused-ring (bicyclic) bond motifs is 4. The van der Waals surface area contributed by atoms with Gasteiger partial charge < -0.3 is 14.8 Å². The molecule has 50 heavy (non-hydrogen) atoms. The second-order valence-electron chi connectivity index (χ2n) is 14.1. The van der Waals surface area contributed by atoms with Gasteiger partial charge in [-0.2, -0.15) is 10.5 Å². The molecule has 5 atom stereocenters. The van der Waals surface area contributed by atoms with Crippen LogP contribution in [0, 0.1) is 47.2 Å². The molecule has 2 aromatic carbocycles. The molecule has 252 valence electrons. The zero-order chi connectivity index (χ0) is 34.4. The molecule has 13 heteroatoms. The summed E-state index contributed by atoms with van der Waals surface area (Å²) in [5.74, 6) is 0.0409. The topological polar surface area (TPSA) is 128 Å². The number of carbonyl (C=O) groups excluding carboxylic acids is 1. The lowest BCUT2D eigenvalue weighted by Crippen LogP contribution is -2.41. The first-order chi connectivity index (χ1) is 24.3. The number of amides is 1. The molecule has 5 fully saturated rings. The number of likely N-dealkylation sites (tertiary alicyclic amines) is 1. The summed E-state index contributed by atoms with van der Waals surface area (Å²) in [6, 6.07) is 13.5. The van der Waals surface area contributed by atoms with Crippen LogP contribution in [0.4, 0.5) is 4.39 Å². The van der Waals surface area contributed by atoms with Crippen molar-refractivity contribution in [3.63, 3.8) is 0 Å². The molecule has 3 saturated heterocycles. The van der Waals surface area contributed by atoms with Gasteiger partial charge in [0.1, 0.15) is 11.6 Å². The second kappa shape index (κ2) is 11.8. The van der Waals surface area contributed by atoms with E-state index in [2.05, 4.69) is 38.4 Å². The fourth-order valence-corrected chi connectivity index (χ4v) is 9.09. The lowest BCUT2D eigenvalue weighted by atomic mass is 9.79. The zero-order valence-electron chi connectivity index (χ0n) is 27.2. The number of aryl methyl sites for hydroxylation is 2. The maximum atomic E-state index is 17.1. The summed E-state index contributed by atoms with van der Waals surface area (Å²) in [5, 5.41) is 33.1. The van der Waals surface area contributed by atoms with Gasteiger partial charge in [-0.3, -0.25) is 4.79 Å². The van der Waals surface area contributed by atoms with Crippen LogP contribution < -0.4 is 5.32 Å². The largest absolute Gasteiger partial charge is 0.337 e. The van der Waals surface area contributed by atoms with Crippen molar-refractivity contribution < 1.29 is 9.18 Å². The molecule has 2 bridgehead atoms. The maximum Gasteiger partial charge on any atom is 0.226 e. The Bertz CT molecular complexity index is 2320. The standard InChI is InChI=1S/C37H32Cl2FN9O/c1-18-25-13-30(29-12-23(48-16-22(14-42)45-46-48)17-47(29)37(50)19-7-8-19)49(35-21-11-28(35)43-15-21)36(25)26-10-20(4-3-9-41)31(33(40)34(26)44-18)24-5-2-6-27(38)32(24)39/h2,5-6,10,13,16,19,21,23,28-29,35,43H,3-4,7-8,11-12,15,17H2,1H3. The van der Waals surface area contributed by atoms with Gasteiger partial charge in [-0.1, -0.05) is 40.5 Å². The molecule has 0 radical (unpaired) electrons. The molecular formula is C37H32Cl2FN9O. The predicted molar refractivity (Wildman–Crippen MR) is 186 cm³/mol. The summed E-state index contributed by atoms with van der Waals surface area (Å²) in [5.41, 5.74) is 4.46. The van der Waals surface area contributed by atoms with Gasteiger partial charge in [0.25, 0.3) is 0 Å². The number of nitrogens with zero attached hydrogens (tertiary/aromatic N) is 8. The molecule has 3 aromatic heterocycles. The molecule has 2 saturated carbocycles. The van der Waals surface area contributed by atoms with E-state index in [-0.39, 0.29) is 58.6 Å². The first-order valence-corrected chi connectivity index (χ1v) is 17.9. The summed E-state index contributed by atoms with van der Waals surface area (Å²) in [6.07, 6.45) is 5.57. The van der Waals surface area contributed by atoms with Gasteiger partial charge in [0.05, 0.1) is 46.0 Å². The number of nitriles is 2. The van der Waals surface area contributed by atoms with E-state index in [1.807, 2.05) is 17.9 Å². The highest BCUT2D eigenvalue weighted by Crippen LogP contribution is 2.52. The Kier molecular flexibility index (Phi) is 7.40. The Balaban J connectivity index is 1.29. The molecule has 1 N–H and O–H groups in total. The normalized spacial score (nSPS) is 24.1. The number of pyridine rings is 1. The Hall–Kier alpha value is -4.55. The van der Waals surface area contributed by atoms with Crippen LogP contribution >= 0.6 is 23.2 Å². The van der Waals surface area contributed by atoms with Gasteiger partial charge >= 0.3 is 0 Å². The van der Waals surface area contributed by atoms with Crippen LogP contribution in [-0.4, -0.2) is 54.5 Å². The number of halogens is 3. The molecule has 6 heterocycles. The monoisotopic (exact) mass is 707 g/mol. The smallest absolute Gasteiger partial charge is 0.226 e. The summed E-state index contributed by atoms with van der Waals surface area (Å²) >= 11 is 13.1. The predicted octanol–water partition coefficient (Wildman–Crippen LogP) is 6.99. The molecule has 1 amide bonds. The highest BCUT2D eigenvalue weighted by atomic mass is 35.5. The molecule has 5 aromatic rings. The van der Waals surface area contributed by atoms with Crippen molar-refractivity contribution in [3.8, 4) is 23.3 Å². The van der Waals surface area contributed by atoms with E-state index >= 15 is 4.39 Å². The van der Waals surface area contributed by atoms with Crippen LogP contribution in [0.1, 0.15) is 72.9 Å². The van der Waals surface area contributed by atoms with E-state index in [4.69, 9.17) is 28.2 Å². The van der Waals surface area contributed by atoms with Gasteiger partial charge in [-0.05, 0) is 68.7 Å². The van der Waals surface area contributed by atoms with Gasteiger partial charge in [-0.25, -0.2) is 14.1 Å². The van der Waals surface area contributed by atoms with Crippen LogP contribution in [0.2, 0.25) is 10.0 Å². The van der Waals surface area contributed by atoms with E-state index in [1.165, 1.54) is 0 Å². The minimum Gasteiger partial charge on any atom is -0.337 e. The summed E-state index contributed by atoms with van der Waals surface area (Å²) < 4.78 is 21.2. The van der Waals surface area contributed by atoms with Crippen molar-refractivity contribution in [1.82, 2.24) is 34.8 Å². The van der Waals surface area contributed by atoms with Crippen molar-refractivity contribution in [2.45, 2.75) is 69.6 Å². The summed E-state index contributed by atoms with van der Waals surface area (Å²) in [4.78, 5) is 20.8. The van der Waals surface area contributed by atoms with Crippen LogP contribution in [-0.2, 0) is 11.2 Å². The minimum absolute atomic E-state index is 0.0128.